The summed E-state index contributed by atoms with van der Waals surface area (Å²) in [6.07, 6.45) is 2.73. The Hall–Kier alpha value is -0.610. The molecular formula is C16H25ClN2O. The highest BCUT2D eigenvalue weighted by molar-refractivity contribution is 5.85. The summed E-state index contributed by atoms with van der Waals surface area (Å²) in [6.45, 7) is 4.89. The Morgan fingerprint density at radius 3 is 2.60 bits per heavy atom. The second-order valence-corrected chi connectivity index (χ2v) is 5.96. The summed E-state index contributed by atoms with van der Waals surface area (Å²) in [5.74, 6) is 1.34. The second-order valence-electron chi connectivity index (χ2n) is 5.96. The minimum atomic E-state index is 0. The number of nitrogens with two attached hydrogens (primary N) is 1. The number of rotatable bonds is 6. The molecule has 1 heterocycles. The third kappa shape index (κ3) is 4.19. The van der Waals surface area contributed by atoms with Crippen molar-refractivity contribution in [3.05, 3.63) is 35.9 Å². The molecule has 112 valence electrons. The summed E-state index contributed by atoms with van der Waals surface area (Å²) in [7, 11) is 0. The summed E-state index contributed by atoms with van der Waals surface area (Å²) in [4.78, 5) is 2.44. The SMILES string of the molecule is Cl.N[C@@H]1CN(CCOCC2CC2)C[C@H]1c1ccccc1. The van der Waals surface area contributed by atoms with Gasteiger partial charge in [-0.1, -0.05) is 30.3 Å². The lowest BCUT2D eigenvalue weighted by atomic mass is 9.95. The van der Waals surface area contributed by atoms with Gasteiger partial charge in [0.15, 0.2) is 0 Å². The maximum absolute atomic E-state index is 6.28. The van der Waals surface area contributed by atoms with Crippen LogP contribution in [-0.2, 0) is 4.74 Å². The third-order valence-corrected chi connectivity index (χ3v) is 4.27. The Morgan fingerprint density at radius 2 is 1.90 bits per heavy atom. The molecule has 0 radical (unpaired) electrons. The molecule has 1 aliphatic heterocycles. The molecule has 3 rings (SSSR count). The summed E-state index contributed by atoms with van der Waals surface area (Å²) in [5, 5.41) is 0. The Kier molecular flexibility index (Phi) is 5.85. The maximum atomic E-state index is 6.28. The molecule has 2 fully saturated rings. The fraction of sp³-hybridized carbons (Fsp3) is 0.625. The van der Waals surface area contributed by atoms with Crippen LogP contribution in [0.5, 0.6) is 0 Å². The number of hydrogen-bond donors (Lipinski definition) is 1. The van der Waals surface area contributed by atoms with E-state index in [0.29, 0.717) is 5.92 Å². The highest BCUT2D eigenvalue weighted by Gasteiger charge is 2.30. The number of benzene rings is 1. The van der Waals surface area contributed by atoms with E-state index in [0.717, 1.165) is 38.8 Å². The fourth-order valence-electron chi connectivity index (χ4n) is 2.88. The van der Waals surface area contributed by atoms with Crippen LogP contribution < -0.4 is 5.73 Å². The third-order valence-electron chi connectivity index (χ3n) is 4.27. The van der Waals surface area contributed by atoms with Crippen LogP contribution in [0.15, 0.2) is 30.3 Å². The fourth-order valence-corrected chi connectivity index (χ4v) is 2.88. The number of halogens is 1. The molecule has 20 heavy (non-hydrogen) atoms. The number of nitrogens with zero attached hydrogens (tertiary/aromatic N) is 1. The second kappa shape index (κ2) is 7.41. The molecule has 1 aromatic rings. The van der Waals surface area contributed by atoms with Gasteiger partial charge < -0.3 is 10.5 Å². The van der Waals surface area contributed by atoms with Crippen LogP contribution in [0, 0.1) is 5.92 Å². The van der Waals surface area contributed by atoms with Crippen LogP contribution >= 0.6 is 12.4 Å². The van der Waals surface area contributed by atoms with Gasteiger partial charge in [0.1, 0.15) is 0 Å². The molecule has 0 bridgehead atoms. The lowest BCUT2D eigenvalue weighted by molar-refractivity contribution is 0.102. The molecule has 0 aromatic heterocycles. The molecule has 1 aromatic carbocycles. The molecule has 0 amide bonds. The largest absolute Gasteiger partial charge is 0.380 e. The van der Waals surface area contributed by atoms with Crippen molar-refractivity contribution in [3.8, 4) is 0 Å². The lowest BCUT2D eigenvalue weighted by Gasteiger charge is -2.16. The van der Waals surface area contributed by atoms with Crippen LogP contribution in [0.2, 0.25) is 0 Å². The zero-order valence-electron chi connectivity index (χ0n) is 11.9. The molecular weight excluding hydrogens is 272 g/mol. The highest BCUT2D eigenvalue weighted by Crippen LogP contribution is 2.29. The van der Waals surface area contributed by atoms with Gasteiger partial charge in [-0.3, -0.25) is 4.90 Å². The minimum absolute atomic E-state index is 0. The molecule has 2 atom stereocenters. The van der Waals surface area contributed by atoms with E-state index in [4.69, 9.17) is 10.5 Å². The van der Waals surface area contributed by atoms with Crippen molar-refractivity contribution in [1.29, 1.82) is 0 Å². The van der Waals surface area contributed by atoms with Crippen molar-refractivity contribution in [2.45, 2.75) is 24.8 Å². The molecule has 1 saturated heterocycles. The van der Waals surface area contributed by atoms with Crippen molar-refractivity contribution in [2.24, 2.45) is 11.7 Å². The van der Waals surface area contributed by atoms with E-state index in [2.05, 4.69) is 35.2 Å². The first-order valence-corrected chi connectivity index (χ1v) is 7.43. The molecule has 0 unspecified atom stereocenters. The van der Waals surface area contributed by atoms with Gasteiger partial charge in [0.25, 0.3) is 0 Å². The Balaban J connectivity index is 0.00000147. The Morgan fingerprint density at radius 1 is 1.15 bits per heavy atom. The van der Waals surface area contributed by atoms with Gasteiger partial charge in [0.05, 0.1) is 6.61 Å². The van der Waals surface area contributed by atoms with Crippen molar-refractivity contribution in [2.75, 3.05) is 32.8 Å². The van der Waals surface area contributed by atoms with Gasteiger partial charge in [-0.2, -0.15) is 0 Å². The average molecular weight is 297 g/mol. The summed E-state index contributed by atoms with van der Waals surface area (Å²) in [6, 6.07) is 10.9. The van der Waals surface area contributed by atoms with Gasteiger partial charge in [-0.05, 0) is 24.3 Å². The van der Waals surface area contributed by atoms with Crippen LogP contribution in [0.1, 0.15) is 24.3 Å². The van der Waals surface area contributed by atoms with Crippen molar-refractivity contribution >= 4 is 12.4 Å². The standard InChI is InChI=1S/C16H24N2O.ClH/c17-16-11-18(8-9-19-12-13-6-7-13)10-15(16)14-4-2-1-3-5-14;/h1-5,13,15-16H,6-12,17H2;1H/t15-,16+;/m0./s1. The highest BCUT2D eigenvalue weighted by atomic mass is 35.5. The van der Waals surface area contributed by atoms with Crippen molar-refractivity contribution in [3.63, 3.8) is 0 Å². The molecule has 4 heteroatoms. The van der Waals surface area contributed by atoms with E-state index >= 15 is 0 Å². The number of likely N-dealkylation sites (tertiary alicyclic amines) is 1. The van der Waals surface area contributed by atoms with Crippen LogP contribution in [-0.4, -0.2) is 43.8 Å². The van der Waals surface area contributed by atoms with Gasteiger partial charge in [0.2, 0.25) is 0 Å². The molecule has 0 spiro atoms. The Bertz CT molecular complexity index is 397. The average Bonchev–Trinajstić information content (AvgIpc) is 3.18. The first kappa shape index (κ1) is 15.8. The van der Waals surface area contributed by atoms with Crippen LogP contribution in [0.25, 0.3) is 0 Å². The van der Waals surface area contributed by atoms with E-state index in [1.54, 1.807) is 0 Å². The van der Waals surface area contributed by atoms with Gasteiger partial charge in [-0.15, -0.1) is 12.4 Å². The topological polar surface area (TPSA) is 38.5 Å². The monoisotopic (exact) mass is 296 g/mol. The van der Waals surface area contributed by atoms with E-state index in [1.807, 2.05) is 0 Å². The molecule has 2 aliphatic rings. The zero-order chi connectivity index (χ0) is 13.1. The zero-order valence-corrected chi connectivity index (χ0v) is 12.7. The van der Waals surface area contributed by atoms with Gasteiger partial charge in [0, 0.05) is 38.2 Å². The van der Waals surface area contributed by atoms with Crippen LogP contribution in [0.3, 0.4) is 0 Å². The smallest absolute Gasteiger partial charge is 0.0593 e. The lowest BCUT2D eigenvalue weighted by Crippen LogP contribution is -2.30. The van der Waals surface area contributed by atoms with E-state index in [-0.39, 0.29) is 18.4 Å². The first-order chi connectivity index (χ1) is 9.33. The van der Waals surface area contributed by atoms with E-state index in [9.17, 15) is 0 Å². The van der Waals surface area contributed by atoms with Crippen molar-refractivity contribution in [1.82, 2.24) is 4.90 Å². The van der Waals surface area contributed by atoms with Gasteiger partial charge >= 0.3 is 0 Å². The molecule has 2 N–H and O–H groups in total. The first-order valence-electron chi connectivity index (χ1n) is 7.43. The number of ether oxygens (including phenoxy) is 1. The van der Waals surface area contributed by atoms with Crippen LogP contribution in [0.4, 0.5) is 0 Å². The minimum Gasteiger partial charge on any atom is -0.380 e. The summed E-state index contributed by atoms with van der Waals surface area (Å²) >= 11 is 0. The summed E-state index contributed by atoms with van der Waals surface area (Å²) in [5.41, 5.74) is 7.65. The maximum Gasteiger partial charge on any atom is 0.0593 e. The van der Waals surface area contributed by atoms with E-state index < -0.39 is 0 Å². The predicted molar refractivity (Wildman–Crippen MR) is 84.4 cm³/mol. The summed E-state index contributed by atoms with van der Waals surface area (Å²) < 4.78 is 5.71. The molecule has 3 nitrogen and oxygen atoms in total. The quantitative estimate of drug-likeness (QED) is 0.819. The predicted octanol–water partition coefficient (Wildman–Crippen LogP) is 2.26. The molecule has 1 saturated carbocycles. The normalized spacial score (nSPS) is 26.4. The Labute approximate surface area is 127 Å². The van der Waals surface area contributed by atoms with Crippen molar-refractivity contribution < 1.29 is 4.74 Å². The van der Waals surface area contributed by atoms with Gasteiger partial charge in [-0.25, -0.2) is 0 Å². The molecule has 1 aliphatic carbocycles. The van der Waals surface area contributed by atoms with E-state index in [1.165, 1.54) is 18.4 Å². The number of hydrogen-bond acceptors (Lipinski definition) is 3.